The smallest absolute Gasteiger partial charge is 0.230 e. The summed E-state index contributed by atoms with van der Waals surface area (Å²) in [5.41, 5.74) is 4.50. The van der Waals surface area contributed by atoms with Crippen LogP contribution in [0.1, 0.15) is 23.1 Å². The van der Waals surface area contributed by atoms with Gasteiger partial charge in [-0.1, -0.05) is 48.5 Å². The van der Waals surface area contributed by atoms with Gasteiger partial charge in [-0.15, -0.1) is 0 Å². The molecule has 0 bridgehead atoms. The lowest BCUT2D eigenvalue weighted by Gasteiger charge is -2.29. The average Bonchev–Trinajstić information content (AvgIpc) is 2.71. The van der Waals surface area contributed by atoms with Crippen LogP contribution in [0.5, 0.6) is 0 Å². The van der Waals surface area contributed by atoms with Crippen molar-refractivity contribution in [3.05, 3.63) is 71.3 Å². The van der Waals surface area contributed by atoms with Gasteiger partial charge in [-0.2, -0.15) is 0 Å². The number of piperazine rings is 1. The third kappa shape index (κ3) is 6.32. The lowest BCUT2D eigenvalue weighted by molar-refractivity contribution is -1.01. The Labute approximate surface area is 168 Å². The summed E-state index contributed by atoms with van der Waals surface area (Å²) in [4.78, 5) is 15.5. The summed E-state index contributed by atoms with van der Waals surface area (Å²) in [5.74, 6) is 0.127. The van der Waals surface area contributed by atoms with Crippen LogP contribution in [0.15, 0.2) is 54.6 Å². The summed E-state index contributed by atoms with van der Waals surface area (Å²) in [6.45, 7) is 10.7. The molecule has 28 heavy (non-hydrogen) atoms. The molecule has 1 fully saturated rings. The van der Waals surface area contributed by atoms with Crippen molar-refractivity contribution in [3.8, 4) is 0 Å². The number of rotatable bonds is 7. The van der Waals surface area contributed by atoms with E-state index in [-0.39, 0.29) is 5.91 Å². The molecule has 0 radical (unpaired) electrons. The van der Waals surface area contributed by atoms with Gasteiger partial charge in [0.25, 0.3) is 0 Å². The highest BCUT2D eigenvalue weighted by atomic mass is 16.1. The summed E-state index contributed by atoms with van der Waals surface area (Å²) in [6.07, 6.45) is 5.09. The molecule has 0 unspecified atom stereocenters. The van der Waals surface area contributed by atoms with E-state index in [0.717, 1.165) is 37.4 Å². The lowest BCUT2D eigenvalue weighted by Crippen LogP contribution is -3.28. The largest absolute Gasteiger partial charge is 0.326 e. The maximum atomic E-state index is 12.3. The first-order chi connectivity index (χ1) is 13.6. The zero-order valence-corrected chi connectivity index (χ0v) is 17.1. The predicted molar refractivity (Wildman–Crippen MR) is 116 cm³/mol. The van der Waals surface area contributed by atoms with Gasteiger partial charge in [-0.05, 0) is 42.7 Å². The van der Waals surface area contributed by atoms with Crippen molar-refractivity contribution in [3.63, 3.8) is 0 Å². The fraction of sp³-hybridized carbons (Fsp3) is 0.375. The molecule has 0 aliphatic carbocycles. The predicted octanol–water partition coefficient (Wildman–Crippen LogP) is 1.13. The van der Waals surface area contributed by atoms with Crippen LogP contribution in [-0.2, 0) is 4.79 Å². The van der Waals surface area contributed by atoms with Crippen LogP contribution in [-0.4, -0.2) is 45.2 Å². The minimum Gasteiger partial charge on any atom is -0.326 e. The molecule has 1 saturated heterocycles. The monoisotopic (exact) mass is 379 g/mol. The number of hydrogen-bond donors (Lipinski definition) is 3. The van der Waals surface area contributed by atoms with Crippen LogP contribution in [0, 0.1) is 13.8 Å². The molecule has 1 aliphatic rings. The first-order valence-electron chi connectivity index (χ1n) is 10.4. The number of aryl methyl sites for hydroxylation is 2. The first-order valence-corrected chi connectivity index (χ1v) is 10.4. The van der Waals surface area contributed by atoms with Crippen LogP contribution in [0.25, 0.3) is 6.08 Å². The van der Waals surface area contributed by atoms with Gasteiger partial charge >= 0.3 is 0 Å². The second kappa shape index (κ2) is 10.2. The highest BCUT2D eigenvalue weighted by Gasteiger charge is 2.22. The molecule has 1 heterocycles. The summed E-state index contributed by atoms with van der Waals surface area (Å²) in [6, 6.07) is 16.7. The molecule has 0 spiro atoms. The molecule has 4 heteroatoms. The number of anilines is 1. The maximum Gasteiger partial charge on any atom is 0.230 e. The Morgan fingerprint density at radius 3 is 2.46 bits per heavy atom. The van der Waals surface area contributed by atoms with E-state index in [1.165, 1.54) is 24.2 Å². The molecule has 1 aliphatic heterocycles. The fourth-order valence-corrected chi connectivity index (χ4v) is 3.71. The Morgan fingerprint density at radius 1 is 1.00 bits per heavy atom. The Hall–Kier alpha value is -2.43. The van der Waals surface area contributed by atoms with Crippen molar-refractivity contribution in [1.29, 1.82) is 0 Å². The van der Waals surface area contributed by atoms with Crippen molar-refractivity contribution in [2.24, 2.45) is 0 Å². The average molecular weight is 380 g/mol. The standard InChI is InChI=1S/C24H31N3O/c1-20-10-11-21(2)23(19-20)25-24(28)12-14-27-17-15-26(16-18-27)13-6-9-22-7-4-3-5-8-22/h3-11,19H,12-18H2,1-2H3,(H,25,28)/p+2. The zero-order valence-electron chi connectivity index (χ0n) is 17.1. The molecule has 1 amide bonds. The first kappa shape index (κ1) is 20.3. The minimum absolute atomic E-state index is 0.127. The van der Waals surface area contributed by atoms with Crippen molar-refractivity contribution in [1.82, 2.24) is 0 Å². The van der Waals surface area contributed by atoms with E-state index in [2.05, 4.69) is 60.8 Å². The molecular formula is C24H33N3O+2. The number of benzene rings is 2. The van der Waals surface area contributed by atoms with E-state index in [9.17, 15) is 4.79 Å². The quantitative estimate of drug-likeness (QED) is 0.663. The lowest BCUT2D eigenvalue weighted by atomic mass is 10.1. The SMILES string of the molecule is Cc1ccc(C)c(NC(=O)CC[NH+]2CC[NH+](CC=Cc3ccccc3)CC2)c1. The molecule has 2 aromatic rings. The van der Waals surface area contributed by atoms with Gasteiger partial charge in [-0.3, -0.25) is 4.79 Å². The molecular weight excluding hydrogens is 346 g/mol. The molecule has 4 nitrogen and oxygen atoms in total. The van der Waals surface area contributed by atoms with Crippen molar-refractivity contribution < 1.29 is 14.6 Å². The summed E-state index contributed by atoms with van der Waals surface area (Å²) >= 11 is 0. The number of hydrogen-bond acceptors (Lipinski definition) is 1. The van der Waals surface area contributed by atoms with Crippen molar-refractivity contribution in [2.45, 2.75) is 20.3 Å². The molecule has 3 N–H and O–H groups in total. The van der Waals surface area contributed by atoms with Crippen molar-refractivity contribution >= 4 is 17.7 Å². The topological polar surface area (TPSA) is 38.0 Å². The van der Waals surface area contributed by atoms with Gasteiger partial charge in [0.15, 0.2) is 0 Å². The number of carbonyl (C=O) groups is 1. The van der Waals surface area contributed by atoms with Crippen LogP contribution in [0.2, 0.25) is 0 Å². The maximum absolute atomic E-state index is 12.3. The summed E-state index contributed by atoms with van der Waals surface area (Å²) in [5, 5.41) is 3.08. The Bertz CT molecular complexity index is 793. The van der Waals surface area contributed by atoms with Gasteiger partial charge in [-0.25, -0.2) is 0 Å². The normalized spacial score (nSPS) is 19.6. The van der Waals surface area contributed by atoms with E-state index in [0.29, 0.717) is 6.42 Å². The second-order valence-electron chi connectivity index (χ2n) is 7.88. The Morgan fingerprint density at radius 2 is 1.71 bits per heavy atom. The van der Waals surface area contributed by atoms with Crippen LogP contribution in [0.4, 0.5) is 5.69 Å². The number of amides is 1. The van der Waals surface area contributed by atoms with Crippen molar-refractivity contribution in [2.75, 3.05) is 44.6 Å². The van der Waals surface area contributed by atoms with Crippen LogP contribution >= 0.6 is 0 Å². The second-order valence-corrected chi connectivity index (χ2v) is 7.88. The van der Waals surface area contributed by atoms with E-state index in [4.69, 9.17) is 0 Å². The molecule has 148 valence electrons. The third-order valence-corrected chi connectivity index (χ3v) is 5.55. The number of carbonyl (C=O) groups excluding carboxylic acids is 1. The Kier molecular flexibility index (Phi) is 7.40. The van der Waals surface area contributed by atoms with Crippen LogP contribution < -0.4 is 15.1 Å². The highest BCUT2D eigenvalue weighted by Crippen LogP contribution is 2.16. The molecule has 2 aromatic carbocycles. The molecule has 3 rings (SSSR count). The molecule has 0 aromatic heterocycles. The number of quaternary nitrogens is 2. The van der Waals surface area contributed by atoms with Gasteiger partial charge in [0.2, 0.25) is 5.91 Å². The highest BCUT2D eigenvalue weighted by molar-refractivity contribution is 5.91. The Balaban J connectivity index is 1.35. The van der Waals surface area contributed by atoms with Gasteiger partial charge in [0, 0.05) is 5.69 Å². The summed E-state index contributed by atoms with van der Waals surface area (Å²) in [7, 11) is 0. The van der Waals surface area contributed by atoms with E-state index < -0.39 is 0 Å². The third-order valence-electron chi connectivity index (χ3n) is 5.55. The van der Waals surface area contributed by atoms with E-state index in [1.54, 1.807) is 9.80 Å². The van der Waals surface area contributed by atoms with E-state index >= 15 is 0 Å². The minimum atomic E-state index is 0.127. The van der Waals surface area contributed by atoms with Gasteiger partial charge in [0.05, 0.1) is 19.5 Å². The van der Waals surface area contributed by atoms with Gasteiger partial charge < -0.3 is 15.1 Å². The number of nitrogens with one attached hydrogen (secondary N) is 3. The van der Waals surface area contributed by atoms with E-state index in [1.807, 2.05) is 19.1 Å². The molecule has 0 atom stereocenters. The van der Waals surface area contributed by atoms with Gasteiger partial charge in [0.1, 0.15) is 26.2 Å². The fourth-order valence-electron chi connectivity index (χ4n) is 3.71. The summed E-state index contributed by atoms with van der Waals surface area (Å²) < 4.78 is 0. The zero-order chi connectivity index (χ0) is 19.8. The molecule has 0 saturated carbocycles. The van der Waals surface area contributed by atoms with Crippen LogP contribution in [0.3, 0.4) is 0 Å².